The van der Waals surface area contributed by atoms with E-state index in [1.807, 2.05) is 48.5 Å². The predicted octanol–water partition coefficient (Wildman–Crippen LogP) is 4.75. The molecule has 0 spiro atoms. The Balaban J connectivity index is 1.96. The van der Waals surface area contributed by atoms with Crippen LogP contribution in [0.5, 0.6) is 0 Å². The first-order valence-electron chi connectivity index (χ1n) is 6.24. The molecule has 0 atom stereocenters. The van der Waals surface area contributed by atoms with E-state index in [0.29, 0.717) is 14.2 Å². The molecule has 1 heterocycles. The monoisotopic (exact) mass is 331 g/mol. The maximum Gasteiger partial charge on any atom is 0.270 e. The molecule has 0 radical (unpaired) electrons. The summed E-state index contributed by atoms with van der Waals surface area (Å²) in [4.78, 5) is 14.7. The van der Waals surface area contributed by atoms with E-state index in [-0.39, 0.29) is 5.91 Å². The standard InChI is InChI=1S/C16H10ClNOS2/c17-13-9-5-4-6-11(13)10-14-15(19)18(16(20)21-14)12-7-2-1-3-8-12/h1-10H/b14-10-. The number of carbonyl (C=O) groups is 1. The lowest BCUT2D eigenvalue weighted by Gasteiger charge is -2.13. The van der Waals surface area contributed by atoms with Crippen LogP contribution >= 0.6 is 35.6 Å². The van der Waals surface area contributed by atoms with Gasteiger partial charge in [-0.1, -0.05) is 72.0 Å². The number of para-hydroxylation sites is 1. The minimum atomic E-state index is -0.115. The Labute approximate surface area is 137 Å². The van der Waals surface area contributed by atoms with E-state index in [1.54, 1.807) is 17.0 Å². The van der Waals surface area contributed by atoms with Crippen LogP contribution in [0.3, 0.4) is 0 Å². The molecule has 0 aromatic heterocycles. The Kier molecular flexibility index (Phi) is 4.10. The largest absolute Gasteiger partial charge is 0.270 e. The third kappa shape index (κ3) is 2.88. The van der Waals surface area contributed by atoms with Crippen LogP contribution in [0.1, 0.15) is 5.56 Å². The second-order valence-corrected chi connectivity index (χ2v) is 6.46. The molecule has 1 aliphatic heterocycles. The summed E-state index contributed by atoms with van der Waals surface area (Å²) in [5, 5.41) is 0.613. The first-order valence-corrected chi connectivity index (χ1v) is 7.84. The van der Waals surface area contributed by atoms with Crippen molar-refractivity contribution in [2.45, 2.75) is 0 Å². The van der Waals surface area contributed by atoms with Crippen molar-refractivity contribution in [3.05, 3.63) is 70.1 Å². The Morgan fingerprint density at radius 1 is 1.05 bits per heavy atom. The number of thiocarbonyl (C=S) groups is 1. The summed E-state index contributed by atoms with van der Waals surface area (Å²) in [6.45, 7) is 0. The van der Waals surface area contributed by atoms with Gasteiger partial charge in [0.15, 0.2) is 4.32 Å². The molecule has 2 aromatic rings. The molecule has 104 valence electrons. The summed E-state index contributed by atoms with van der Waals surface area (Å²) in [5.74, 6) is -0.115. The second-order valence-electron chi connectivity index (χ2n) is 4.37. The van der Waals surface area contributed by atoms with Gasteiger partial charge in [0.25, 0.3) is 5.91 Å². The molecule has 2 nitrogen and oxygen atoms in total. The number of anilines is 1. The number of hydrogen-bond acceptors (Lipinski definition) is 3. The van der Waals surface area contributed by atoms with Crippen LogP contribution < -0.4 is 4.90 Å². The zero-order valence-corrected chi connectivity index (χ0v) is 13.2. The van der Waals surface area contributed by atoms with Crippen molar-refractivity contribution >= 4 is 57.6 Å². The van der Waals surface area contributed by atoms with Crippen LogP contribution in [0.25, 0.3) is 6.08 Å². The third-order valence-corrected chi connectivity index (χ3v) is 4.65. The lowest BCUT2D eigenvalue weighted by Crippen LogP contribution is -2.27. The van der Waals surface area contributed by atoms with Gasteiger partial charge in [-0.15, -0.1) is 0 Å². The van der Waals surface area contributed by atoms with Gasteiger partial charge >= 0.3 is 0 Å². The van der Waals surface area contributed by atoms with Crippen molar-refractivity contribution in [1.29, 1.82) is 0 Å². The number of nitrogens with zero attached hydrogens (tertiary/aromatic N) is 1. The fourth-order valence-corrected chi connectivity index (χ4v) is 3.48. The van der Waals surface area contributed by atoms with Gasteiger partial charge in [0.2, 0.25) is 0 Å². The molecule has 0 saturated carbocycles. The van der Waals surface area contributed by atoms with Gasteiger partial charge < -0.3 is 0 Å². The number of benzene rings is 2. The van der Waals surface area contributed by atoms with E-state index in [0.717, 1.165) is 11.3 Å². The van der Waals surface area contributed by atoms with Crippen LogP contribution in [0.2, 0.25) is 5.02 Å². The van der Waals surface area contributed by atoms with Gasteiger partial charge in [0.1, 0.15) is 0 Å². The first-order chi connectivity index (χ1) is 10.2. The van der Waals surface area contributed by atoms with Crippen LogP contribution in [0, 0.1) is 0 Å². The van der Waals surface area contributed by atoms with Crippen LogP contribution in [0.4, 0.5) is 5.69 Å². The molecule has 0 bridgehead atoms. The van der Waals surface area contributed by atoms with Gasteiger partial charge in [-0.25, -0.2) is 0 Å². The highest BCUT2D eigenvalue weighted by atomic mass is 35.5. The van der Waals surface area contributed by atoms with E-state index in [2.05, 4.69) is 0 Å². The summed E-state index contributed by atoms with van der Waals surface area (Å²) < 4.78 is 0.532. The van der Waals surface area contributed by atoms with Crippen LogP contribution in [0.15, 0.2) is 59.5 Å². The Morgan fingerprint density at radius 3 is 2.43 bits per heavy atom. The van der Waals surface area contributed by atoms with Crippen molar-refractivity contribution in [1.82, 2.24) is 0 Å². The molecule has 21 heavy (non-hydrogen) atoms. The number of thioether (sulfide) groups is 1. The normalized spacial score (nSPS) is 16.8. The zero-order valence-electron chi connectivity index (χ0n) is 10.8. The second kappa shape index (κ2) is 6.02. The summed E-state index contributed by atoms with van der Waals surface area (Å²) in [6, 6.07) is 16.8. The average molecular weight is 332 g/mol. The minimum Gasteiger partial charge on any atom is -0.268 e. The molecule has 0 N–H and O–H groups in total. The van der Waals surface area contributed by atoms with Crippen LogP contribution in [-0.2, 0) is 4.79 Å². The molecule has 0 unspecified atom stereocenters. The lowest BCUT2D eigenvalue weighted by molar-refractivity contribution is -0.113. The van der Waals surface area contributed by atoms with E-state index < -0.39 is 0 Å². The van der Waals surface area contributed by atoms with E-state index in [9.17, 15) is 4.79 Å². The van der Waals surface area contributed by atoms with Crippen molar-refractivity contribution in [3.8, 4) is 0 Å². The third-order valence-electron chi connectivity index (χ3n) is 3.00. The molecular formula is C16H10ClNOS2. The zero-order chi connectivity index (χ0) is 14.8. The molecule has 1 amide bonds. The molecule has 1 aliphatic rings. The number of carbonyl (C=O) groups excluding carboxylic acids is 1. The van der Waals surface area contributed by atoms with Gasteiger partial charge in [-0.2, -0.15) is 0 Å². The highest BCUT2D eigenvalue weighted by molar-refractivity contribution is 8.27. The number of hydrogen-bond donors (Lipinski definition) is 0. The molecule has 1 fully saturated rings. The van der Waals surface area contributed by atoms with Gasteiger partial charge in [0, 0.05) is 5.02 Å². The average Bonchev–Trinajstić information content (AvgIpc) is 2.77. The highest BCUT2D eigenvalue weighted by Gasteiger charge is 2.33. The lowest BCUT2D eigenvalue weighted by atomic mass is 10.2. The van der Waals surface area contributed by atoms with Crippen molar-refractivity contribution < 1.29 is 4.79 Å². The van der Waals surface area contributed by atoms with E-state index in [4.69, 9.17) is 23.8 Å². The predicted molar refractivity (Wildman–Crippen MR) is 93.5 cm³/mol. The van der Waals surface area contributed by atoms with Crippen molar-refractivity contribution in [2.75, 3.05) is 4.90 Å². The molecule has 5 heteroatoms. The molecule has 2 aromatic carbocycles. The van der Waals surface area contributed by atoms with E-state index in [1.165, 1.54) is 11.8 Å². The number of rotatable bonds is 2. The van der Waals surface area contributed by atoms with Gasteiger partial charge in [-0.3, -0.25) is 9.69 Å². The van der Waals surface area contributed by atoms with Gasteiger partial charge in [-0.05, 0) is 29.8 Å². The maximum absolute atomic E-state index is 12.5. The SMILES string of the molecule is O=C1/C(=C/c2ccccc2Cl)SC(=S)N1c1ccccc1. The summed E-state index contributed by atoms with van der Waals surface area (Å²) in [5.41, 5.74) is 1.59. The first kappa shape index (κ1) is 14.3. The minimum absolute atomic E-state index is 0.115. The Morgan fingerprint density at radius 2 is 1.71 bits per heavy atom. The number of amides is 1. The molecule has 0 aliphatic carbocycles. The molecule has 3 rings (SSSR count). The summed E-state index contributed by atoms with van der Waals surface area (Å²) in [6.07, 6.45) is 1.78. The summed E-state index contributed by atoms with van der Waals surface area (Å²) >= 11 is 12.7. The molecule has 1 saturated heterocycles. The summed E-state index contributed by atoms with van der Waals surface area (Å²) in [7, 11) is 0. The van der Waals surface area contributed by atoms with E-state index >= 15 is 0 Å². The quantitative estimate of drug-likeness (QED) is 0.585. The highest BCUT2D eigenvalue weighted by Crippen LogP contribution is 2.36. The maximum atomic E-state index is 12.5. The Hall–Kier alpha value is -1.62. The Bertz CT molecular complexity index is 743. The smallest absolute Gasteiger partial charge is 0.268 e. The van der Waals surface area contributed by atoms with Crippen LogP contribution in [-0.4, -0.2) is 10.2 Å². The van der Waals surface area contributed by atoms with Gasteiger partial charge in [0.05, 0.1) is 10.6 Å². The molecular weight excluding hydrogens is 322 g/mol. The fourth-order valence-electron chi connectivity index (χ4n) is 2.00. The fraction of sp³-hybridized carbons (Fsp3) is 0. The number of halogens is 1. The van der Waals surface area contributed by atoms with Crippen molar-refractivity contribution in [3.63, 3.8) is 0 Å². The topological polar surface area (TPSA) is 20.3 Å². The van der Waals surface area contributed by atoms with Crippen molar-refractivity contribution in [2.24, 2.45) is 0 Å².